The minimum Gasteiger partial charge on any atom is -0.446 e. The predicted molar refractivity (Wildman–Crippen MR) is 105 cm³/mol. The van der Waals surface area contributed by atoms with Crippen LogP contribution in [-0.2, 0) is 14.3 Å². The number of nitrogens with zero attached hydrogens (tertiary/aromatic N) is 2. The standard InChI is InChI=1S/C22H27N3O4/c1-21(2)8-15(21)18(26)24-12-22(13-24)11-23-9-16(22)19(27)25-17(10-29-20(25)28)14-6-4-3-5-7-14/h3-7,15-17,23H,8-13H2,1-2H3/t15-,16+,17+/m1/s1. The summed E-state index contributed by atoms with van der Waals surface area (Å²) < 4.78 is 5.24. The Labute approximate surface area is 170 Å². The number of hydrogen-bond acceptors (Lipinski definition) is 5. The molecule has 3 heterocycles. The molecule has 5 rings (SSSR count). The van der Waals surface area contributed by atoms with Crippen molar-refractivity contribution in [3.63, 3.8) is 0 Å². The Kier molecular flexibility index (Phi) is 4.04. The Bertz CT molecular complexity index is 862. The van der Waals surface area contributed by atoms with Crippen molar-refractivity contribution in [2.24, 2.45) is 22.7 Å². The van der Waals surface area contributed by atoms with Crippen LogP contribution >= 0.6 is 0 Å². The monoisotopic (exact) mass is 397 g/mol. The molecule has 3 amide bonds. The maximum absolute atomic E-state index is 13.5. The topological polar surface area (TPSA) is 79.0 Å². The third-order valence-electron chi connectivity index (χ3n) is 7.29. The molecule has 4 fully saturated rings. The molecule has 1 N–H and O–H groups in total. The molecule has 1 spiro atoms. The van der Waals surface area contributed by atoms with Gasteiger partial charge in [0.2, 0.25) is 11.8 Å². The molecule has 3 saturated heterocycles. The van der Waals surface area contributed by atoms with Crippen LogP contribution in [0.2, 0.25) is 0 Å². The van der Waals surface area contributed by atoms with Crippen molar-refractivity contribution in [1.82, 2.24) is 15.1 Å². The summed E-state index contributed by atoms with van der Waals surface area (Å²) in [5.74, 6) is -0.193. The summed E-state index contributed by atoms with van der Waals surface area (Å²) >= 11 is 0. The lowest BCUT2D eigenvalue weighted by Gasteiger charge is -2.51. The molecule has 7 heteroatoms. The number of carbonyl (C=O) groups is 3. The van der Waals surface area contributed by atoms with Crippen LogP contribution in [0, 0.1) is 22.7 Å². The Morgan fingerprint density at radius 1 is 1.10 bits per heavy atom. The summed E-state index contributed by atoms with van der Waals surface area (Å²) in [4.78, 5) is 41.8. The van der Waals surface area contributed by atoms with Gasteiger partial charge in [-0.05, 0) is 17.4 Å². The highest BCUT2D eigenvalue weighted by molar-refractivity contribution is 5.96. The molecule has 7 nitrogen and oxygen atoms in total. The third kappa shape index (κ3) is 2.86. The fraction of sp³-hybridized carbons (Fsp3) is 0.591. The normalized spacial score (nSPS) is 31.5. The van der Waals surface area contributed by atoms with Crippen LogP contribution in [-0.4, -0.2) is 60.5 Å². The van der Waals surface area contributed by atoms with E-state index < -0.39 is 6.09 Å². The van der Waals surface area contributed by atoms with Gasteiger partial charge in [-0.15, -0.1) is 0 Å². The van der Waals surface area contributed by atoms with Crippen LogP contribution in [0.15, 0.2) is 30.3 Å². The van der Waals surface area contributed by atoms with Crippen molar-refractivity contribution in [2.45, 2.75) is 26.3 Å². The molecule has 1 aromatic carbocycles. The Hall–Kier alpha value is -2.41. The second kappa shape index (κ2) is 6.29. The highest BCUT2D eigenvalue weighted by Crippen LogP contribution is 2.54. The van der Waals surface area contributed by atoms with Gasteiger partial charge in [-0.2, -0.15) is 0 Å². The number of amides is 3. The van der Waals surface area contributed by atoms with E-state index >= 15 is 0 Å². The molecule has 0 bridgehead atoms. The number of benzene rings is 1. The number of nitrogens with one attached hydrogen (secondary N) is 1. The molecule has 0 unspecified atom stereocenters. The number of carbonyl (C=O) groups excluding carboxylic acids is 3. The molecule has 1 aromatic rings. The molecule has 1 saturated carbocycles. The number of likely N-dealkylation sites (tertiary alicyclic amines) is 1. The van der Waals surface area contributed by atoms with Gasteiger partial charge in [0.15, 0.2) is 0 Å². The molecule has 4 aliphatic rings. The van der Waals surface area contributed by atoms with E-state index in [-0.39, 0.29) is 47.1 Å². The van der Waals surface area contributed by atoms with E-state index in [1.165, 1.54) is 4.90 Å². The van der Waals surface area contributed by atoms with Gasteiger partial charge in [-0.1, -0.05) is 44.2 Å². The van der Waals surface area contributed by atoms with Gasteiger partial charge in [-0.3, -0.25) is 9.59 Å². The maximum Gasteiger partial charge on any atom is 0.417 e. The van der Waals surface area contributed by atoms with Crippen molar-refractivity contribution >= 4 is 17.9 Å². The summed E-state index contributed by atoms with van der Waals surface area (Å²) in [6.45, 7) is 6.82. The van der Waals surface area contributed by atoms with Crippen LogP contribution < -0.4 is 5.32 Å². The number of rotatable bonds is 3. The predicted octanol–water partition coefficient (Wildman–Crippen LogP) is 1.80. The van der Waals surface area contributed by atoms with Gasteiger partial charge in [0.05, 0.1) is 5.92 Å². The number of hydrogen-bond donors (Lipinski definition) is 1. The van der Waals surface area contributed by atoms with Crippen LogP contribution in [0.1, 0.15) is 31.9 Å². The zero-order valence-corrected chi connectivity index (χ0v) is 16.9. The molecule has 3 atom stereocenters. The van der Waals surface area contributed by atoms with Gasteiger partial charge in [0.25, 0.3) is 0 Å². The third-order valence-corrected chi connectivity index (χ3v) is 7.29. The van der Waals surface area contributed by atoms with E-state index in [9.17, 15) is 14.4 Å². The Morgan fingerprint density at radius 3 is 2.45 bits per heavy atom. The van der Waals surface area contributed by atoms with Gasteiger partial charge >= 0.3 is 6.09 Å². The number of ether oxygens (including phenoxy) is 1. The van der Waals surface area contributed by atoms with Gasteiger partial charge in [0.1, 0.15) is 12.6 Å². The molecule has 3 aliphatic heterocycles. The summed E-state index contributed by atoms with van der Waals surface area (Å²) in [7, 11) is 0. The highest BCUT2D eigenvalue weighted by Gasteiger charge is 2.61. The van der Waals surface area contributed by atoms with Crippen molar-refractivity contribution < 1.29 is 19.1 Å². The fourth-order valence-electron chi connectivity index (χ4n) is 5.22. The van der Waals surface area contributed by atoms with Crippen LogP contribution in [0.25, 0.3) is 0 Å². The summed E-state index contributed by atoms with van der Waals surface area (Å²) in [6.07, 6.45) is 0.367. The lowest BCUT2D eigenvalue weighted by molar-refractivity contribution is -0.154. The first-order chi connectivity index (χ1) is 13.8. The minimum absolute atomic E-state index is 0.102. The Morgan fingerprint density at radius 2 is 1.79 bits per heavy atom. The van der Waals surface area contributed by atoms with E-state index in [1.54, 1.807) is 0 Å². The fourth-order valence-corrected chi connectivity index (χ4v) is 5.22. The molecule has 1 aliphatic carbocycles. The lowest BCUT2D eigenvalue weighted by atomic mass is 9.70. The molecule has 0 radical (unpaired) electrons. The molecular weight excluding hydrogens is 370 g/mol. The first-order valence-electron chi connectivity index (χ1n) is 10.4. The van der Waals surface area contributed by atoms with E-state index in [0.29, 0.717) is 26.2 Å². The van der Waals surface area contributed by atoms with Crippen LogP contribution in [0.5, 0.6) is 0 Å². The van der Waals surface area contributed by atoms with E-state index in [0.717, 1.165) is 12.0 Å². The second-order valence-electron chi connectivity index (χ2n) is 9.70. The van der Waals surface area contributed by atoms with E-state index in [4.69, 9.17) is 4.74 Å². The molecule has 154 valence electrons. The molecule has 29 heavy (non-hydrogen) atoms. The average Bonchev–Trinajstić information content (AvgIpc) is 3.01. The smallest absolute Gasteiger partial charge is 0.417 e. The highest BCUT2D eigenvalue weighted by atomic mass is 16.6. The first-order valence-corrected chi connectivity index (χ1v) is 10.4. The van der Waals surface area contributed by atoms with Crippen molar-refractivity contribution in [3.05, 3.63) is 35.9 Å². The average molecular weight is 397 g/mol. The van der Waals surface area contributed by atoms with Gasteiger partial charge in [0, 0.05) is 37.5 Å². The molecular formula is C22H27N3O4. The zero-order valence-electron chi connectivity index (χ0n) is 16.9. The van der Waals surface area contributed by atoms with Crippen LogP contribution in [0.3, 0.4) is 0 Å². The van der Waals surface area contributed by atoms with E-state index in [1.807, 2.05) is 35.2 Å². The number of imide groups is 1. The van der Waals surface area contributed by atoms with Crippen molar-refractivity contribution in [3.8, 4) is 0 Å². The summed E-state index contributed by atoms with van der Waals surface area (Å²) in [5, 5.41) is 3.32. The zero-order chi connectivity index (χ0) is 20.4. The second-order valence-corrected chi connectivity index (χ2v) is 9.70. The first kappa shape index (κ1) is 18.6. The minimum atomic E-state index is -0.571. The summed E-state index contributed by atoms with van der Waals surface area (Å²) in [6, 6.07) is 9.14. The largest absolute Gasteiger partial charge is 0.446 e. The van der Waals surface area contributed by atoms with Crippen LogP contribution in [0.4, 0.5) is 4.79 Å². The van der Waals surface area contributed by atoms with Gasteiger partial charge < -0.3 is 15.0 Å². The SMILES string of the molecule is CC1(C)C[C@@H]1C(=O)N1CC2(CNC[C@H]2C(=O)N2C(=O)OC[C@H]2c2ccccc2)C1. The number of cyclic esters (lactones) is 1. The van der Waals surface area contributed by atoms with Crippen molar-refractivity contribution in [2.75, 3.05) is 32.8 Å². The Balaban J connectivity index is 1.32. The summed E-state index contributed by atoms with van der Waals surface area (Å²) in [5.41, 5.74) is 0.717. The van der Waals surface area contributed by atoms with Crippen molar-refractivity contribution in [1.29, 1.82) is 0 Å². The van der Waals surface area contributed by atoms with Gasteiger partial charge in [-0.25, -0.2) is 9.69 Å². The van der Waals surface area contributed by atoms with E-state index in [2.05, 4.69) is 19.2 Å². The quantitative estimate of drug-likeness (QED) is 0.842. The lowest BCUT2D eigenvalue weighted by Crippen LogP contribution is -2.64. The maximum atomic E-state index is 13.5. The molecule has 0 aromatic heterocycles.